The number of hydrogen-bond donors (Lipinski definition) is 2. The molecule has 3 rings (SSSR count). The van der Waals surface area contributed by atoms with Crippen molar-refractivity contribution in [3.05, 3.63) is 65.7 Å². The fraction of sp³-hybridized carbons (Fsp3) is 0.350. The van der Waals surface area contributed by atoms with E-state index < -0.39 is 0 Å². The third kappa shape index (κ3) is 6.57. The number of aliphatic imine (C=N–C) groups is 1. The minimum atomic E-state index is 0. The van der Waals surface area contributed by atoms with Crippen LogP contribution in [-0.4, -0.2) is 12.5 Å². The lowest BCUT2D eigenvalue weighted by molar-refractivity contribution is 0.306. The first kappa shape index (κ1) is 19.6. The van der Waals surface area contributed by atoms with Gasteiger partial charge >= 0.3 is 0 Å². The van der Waals surface area contributed by atoms with Gasteiger partial charge in [0.1, 0.15) is 12.4 Å². The number of halogens is 1. The van der Waals surface area contributed by atoms with Crippen LogP contribution in [-0.2, 0) is 13.2 Å². The molecule has 3 N–H and O–H groups in total. The maximum Gasteiger partial charge on any atom is 0.188 e. The molecule has 0 spiro atoms. The minimum absolute atomic E-state index is 0. The smallest absolute Gasteiger partial charge is 0.188 e. The molecular formula is C20H26IN3O. The van der Waals surface area contributed by atoms with Crippen LogP contribution < -0.4 is 15.8 Å². The van der Waals surface area contributed by atoms with E-state index in [-0.39, 0.29) is 24.0 Å². The van der Waals surface area contributed by atoms with Gasteiger partial charge in [0.15, 0.2) is 5.96 Å². The summed E-state index contributed by atoms with van der Waals surface area (Å²) in [6.07, 6.45) is 3.96. The number of hydrogen-bond acceptors (Lipinski definition) is 2. The summed E-state index contributed by atoms with van der Waals surface area (Å²) in [6, 6.07) is 18.2. The molecule has 5 heteroatoms. The number of ether oxygens (including phenoxy) is 1. The molecule has 0 amide bonds. The molecule has 0 aromatic heterocycles. The SMILES string of the molecule is I.NC(=NCc1cccc(OCc2ccccc2)c1)NCC1CCC1. The van der Waals surface area contributed by atoms with Gasteiger partial charge in [-0.3, -0.25) is 0 Å². The van der Waals surface area contributed by atoms with Crippen LogP contribution in [0.1, 0.15) is 30.4 Å². The van der Waals surface area contributed by atoms with Crippen molar-refractivity contribution in [2.75, 3.05) is 6.54 Å². The Bertz CT molecular complexity index is 672. The number of rotatable bonds is 7. The van der Waals surface area contributed by atoms with E-state index in [2.05, 4.69) is 22.4 Å². The van der Waals surface area contributed by atoms with Crippen LogP contribution >= 0.6 is 24.0 Å². The van der Waals surface area contributed by atoms with E-state index in [1.54, 1.807) is 0 Å². The molecule has 25 heavy (non-hydrogen) atoms. The minimum Gasteiger partial charge on any atom is -0.489 e. The summed E-state index contributed by atoms with van der Waals surface area (Å²) in [5.74, 6) is 2.15. The Morgan fingerprint density at radius 2 is 1.84 bits per heavy atom. The van der Waals surface area contributed by atoms with Gasteiger partial charge in [0, 0.05) is 6.54 Å². The molecule has 1 fully saturated rings. The molecule has 1 aliphatic carbocycles. The Morgan fingerprint density at radius 1 is 1.08 bits per heavy atom. The molecule has 0 heterocycles. The number of nitrogens with one attached hydrogen (secondary N) is 1. The summed E-state index contributed by atoms with van der Waals surface area (Å²) in [5, 5.41) is 3.21. The highest BCUT2D eigenvalue weighted by Gasteiger charge is 2.16. The lowest BCUT2D eigenvalue weighted by atomic mass is 9.85. The molecule has 4 nitrogen and oxygen atoms in total. The van der Waals surface area contributed by atoms with Crippen LogP contribution in [0.15, 0.2) is 59.6 Å². The molecule has 134 valence electrons. The number of benzene rings is 2. The van der Waals surface area contributed by atoms with Gasteiger partial charge in [-0.25, -0.2) is 4.99 Å². The third-order valence-corrected chi connectivity index (χ3v) is 4.38. The number of nitrogens with two attached hydrogens (primary N) is 1. The molecule has 0 saturated heterocycles. The van der Waals surface area contributed by atoms with Crippen molar-refractivity contribution in [2.24, 2.45) is 16.6 Å². The molecule has 2 aromatic rings. The Morgan fingerprint density at radius 3 is 2.56 bits per heavy atom. The van der Waals surface area contributed by atoms with Gasteiger partial charge in [0.2, 0.25) is 0 Å². The molecule has 1 saturated carbocycles. The van der Waals surface area contributed by atoms with Gasteiger partial charge < -0.3 is 15.8 Å². The molecule has 0 unspecified atom stereocenters. The lowest BCUT2D eigenvalue weighted by Crippen LogP contribution is -2.37. The highest BCUT2D eigenvalue weighted by atomic mass is 127. The summed E-state index contributed by atoms with van der Waals surface area (Å²) in [4.78, 5) is 4.41. The second-order valence-corrected chi connectivity index (χ2v) is 6.30. The highest BCUT2D eigenvalue weighted by molar-refractivity contribution is 14.0. The van der Waals surface area contributed by atoms with Gasteiger partial charge in [-0.1, -0.05) is 48.9 Å². The molecule has 1 aliphatic rings. The van der Waals surface area contributed by atoms with Gasteiger partial charge in [-0.15, -0.1) is 24.0 Å². The molecule has 2 aromatic carbocycles. The van der Waals surface area contributed by atoms with Crippen molar-refractivity contribution >= 4 is 29.9 Å². The average molecular weight is 451 g/mol. The van der Waals surface area contributed by atoms with E-state index in [4.69, 9.17) is 10.5 Å². The Hall–Kier alpha value is -1.76. The van der Waals surface area contributed by atoms with E-state index in [9.17, 15) is 0 Å². The van der Waals surface area contributed by atoms with E-state index in [0.717, 1.165) is 29.3 Å². The quantitative estimate of drug-likeness (QED) is 0.379. The van der Waals surface area contributed by atoms with Crippen molar-refractivity contribution in [3.8, 4) is 5.75 Å². The fourth-order valence-corrected chi connectivity index (χ4v) is 2.65. The fourth-order valence-electron chi connectivity index (χ4n) is 2.65. The zero-order valence-electron chi connectivity index (χ0n) is 14.4. The van der Waals surface area contributed by atoms with Crippen LogP contribution in [0.2, 0.25) is 0 Å². The normalized spacial score (nSPS) is 14.3. The second kappa shape index (κ2) is 10.3. The standard InChI is InChI=1S/C20H25N3O.HI/c21-20(22-13-16-8-4-9-16)23-14-18-10-5-11-19(12-18)24-15-17-6-2-1-3-7-17;/h1-3,5-7,10-12,16H,4,8-9,13-15H2,(H3,21,22,23);1H. The van der Waals surface area contributed by atoms with Crippen LogP contribution in [0.5, 0.6) is 5.75 Å². The summed E-state index contributed by atoms with van der Waals surface area (Å²) in [5.41, 5.74) is 8.18. The van der Waals surface area contributed by atoms with Crippen LogP contribution in [0.25, 0.3) is 0 Å². The molecular weight excluding hydrogens is 425 g/mol. The van der Waals surface area contributed by atoms with Gasteiger partial charge in [-0.05, 0) is 42.0 Å². The van der Waals surface area contributed by atoms with Crippen molar-refractivity contribution < 1.29 is 4.74 Å². The first-order valence-electron chi connectivity index (χ1n) is 8.59. The van der Waals surface area contributed by atoms with Crippen molar-refractivity contribution in [1.82, 2.24) is 5.32 Å². The summed E-state index contributed by atoms with van der Waals surface area (Å²) >= 11 is 0. The van der Waals surface area contributed by atoms with Crippen molar-refractivity contribution in [2.45, 2.75) is 32.4 Å². The maximum atomic E-state index is 5.93. The third-order valence-electron chi connectivity index (χ3n) is 4.38. The Labute approximate surface area is 166 Å². The topological polar surface area (TPSA) is 59.6 Å². The zero-order valence-corrected chi connectivity index (χ0v) is 16.7. The highest BCUT2D eigenvalue weighted by Crippen LogP contribution is 2.25. The van der Waals surface area contributed by atoms with Gasteiger partial charge in [0.05, 0.1) is 6.54 Å². The summed E-state index contributed by atoms with van der Waals surface area (Å²) < 4.78 is 5.85. The molecule has 0 atom stereocenters. The van der Waals surface area contributed by atoms with Crippen molar-refractivity contribution in [1.29, 1.82) is 0 Å². The Kier molecular flexibility index (Phi) is 8.04. The van der Waals surface area contributed by atoms with E-state index in [1.807, 2.05) is 42.5 Å². The number of guanidine groups is 1. The maximum absolute atomic E-state index is 5.93. The van der Waals surface area contributed by atoms with Gasteiger partial charge in [0.25, 0.3) is 0 Å². The van der Waals surface area contributed by atoms with Crippen LogP contribution in [0.4, 0.5) is 0 Å². The second-order valence-electron chi connectivity index (χ2n) is 6.30. The number of nitrogens with zero attached hydrogens (tertiary/aromatic N) is 1. The molecule has 0 aliphatic heterocycles. The van der Waals surface area contributed by atoms with Crippen LogP contribution in [0.3, 0.4) is 0 Å². The first-order valence-corrected chi connectivity index (χ1v) is 8.59. The monoisotopic (exact) mass is 451 g/mol. The summed E-state index contributed by atoms with van der Waals surface area (Å²) in [7, 11) is 0. The molecule has 0 bridgehead atoms. The van der Waals surface area contributed by atoms with Crippen molar-refractivity contribution in [3.63, 3.8) is 0 Å². The zero-order chi connectivity index (χ0) is 16.6. The predicted molar refractivity (Wildman–Crippen MR) is 113 cm³/mol. The van der Waals surface area contributed by atoms with E-state index >= 15 is 0 Å². The first-order chi connectivity index (χ1) is 11.8. The largest absolute Gasteiger partial charge is 0.489 e. The average Bonchev–Trinajstić information content (AvgIpc) is 2.58. The summed E-state index contributed by atoms with van der Waals surface area (Å²) in [6.45, 7) is 2.07. The van der Waals surface area contributed by atoms with Crippen LogP contribution in [0, 0.1) is 5.92 Å². The van der Waals surface area contributed by atoms with E-state index in [1.165, 1.54) is 19.3 Å². The Balaban J connectivity index is 0.00000225. The molecule has 0 radical (unpaired) electrons. The predicted octanol–water partition coefficient (Wildman–Crippen LogP) is 4.09. The lowest BCUT2D eigenvalue weighted by Gasteiger charge is -2.25. The van der Waals surface area contributed by atoms with E-state index in [0.29, 0.717) is 19.1 Å². The van der Waals surface area contributed by atoms with Gasteiger partial charge in [-0.2, -0.15) is 0 Å².